The molecule has 2 saturated heterocycles. The lowest BCUT2D eigenvalue weighted by atomic mass is 10.0. The number of nitrogens with one attached hydrogen (secondary N) is 1. The Morgan fingerprint density at radius 1 is 1.47 bits per heavy atom. The van der Waals surface area contributed by atoms with E-state index in [1.165, 1.54) is 6.42 Å². The zero-order valence-corrected chi connectivity index (χ0v) is 9.09. The minimum atomic E-state index is 0.303. The third-order valence-electron chi connectivity index (χ3n) is 3.08. The minimum Gasteiger partial charge on any atom is -0.342 e. The first-order valence-corrected chi connectivity index (χ1v) is 5.83. The lowest BCUT2D eigenvalue weighted by Gasteiger charge is -2.25. The Labute approximate surface area is 91.2 Å². The molecule has 1 N–H and O–H groups in total. The molecular weight excluding hydrogens is 188 g/mol. The van der Waals surface area contributed by atoms with Crippen molar-refractivity contribution >= 4 is 5.91 Å². The second-order valence-corrected chi connectivity index (χ2v) is 4.23. The van der Waals surface area contributed by atoms with Gasteiger partial charge in [-0.05, 0) is 19.4 Å². The Morgan fingerprint density at radius 2 is 2.33 bits per heavy atom. The summed E-state index contributed by atoms with van der Waals surface area (Å²) in [6.45, 7) is 2.91. The van der Waals surface area contributed by atoms with E-state index in [0.29, 0.717) is 11.9 Å². The molecule has 2 aliphatic heterocycles. The second kappa shape index (κ2) is 5.18. The van der Waals surface area contributed by atoms with Gasteiger partial charge in [-0.1, -0.05) is 0 Å². The lowest BCUT2D eigenvalue weighted by molar-refractivity contribution is -0.127. The quantitative estimate of drug-likeness (QED) is 0.691. The molecule has 0 bridgehead atoms. The molecule has 15 heavy (non-hydrogen) atoms. The van der Waals surface area contributed by atoms with Crippen LogP contribution < -0.4 is 5.32 Å². The van der Waals surface area contributed by atoms with Gasteiger partial charge in [0.2, 0.25) is 5.91 Å². The van der Waals surface area contributed by atoms with Gasteiger partial charge in [0.1, 0.15) is 0 Å². The molecule has 1 atom stereocenters. The fraction of sp³-hybridized carbons (Fsp3) is 0.750. The summed E-state index contributed by atoms with van der Waals surface area (Å²) in [5, 5.41) is 3.32. The number of hydrogen-bond donors (Lipinski definition) is 1. The second-order valence-electron chi connectivity index (χ2n) is 4.23. The molecule has 0 radical (unpaired) electrons. The van der Waals surface area contributed by atoms with E-state index in [2.05, 4.69) is 17.2 Å². The molecule has 3 nitrogen and oxygen atoms in total. The molecule has 2 fully saturated rings. The van der Waals surface area contributed by atoms with Crippen LogP contribution in [-0.4, -0.2) is 36.5 Å². The normalized spacial score (nSPS) is 24.7. The maximum Gasteiger partial charge on any atom is 0.222 e. The van der Waals surface area contributed by atoms with Crippen molar-refractivity contribution in [3.8, 4) is 11.8 Å². The van der Waals surface area contributed by atoms with Crippen LogP contribution in [-0.2, 0) is 4.79 Å². The summed E-state index contributed by atoms with van der Waals surface area (Å²) in [5.74, 6) is 6.63. The van der Waals surface area contributed by atoms with Crippen LogP contribution >= 0.6 is 0 Å². The van der Waals surface area contributed by atoms with Crippen LogP contribution in [0.5, 0.6) is 0 Å². The highest BCUT2D eigenvalue weighted by atomic mass is 16.2. The van der Waals surface area contributed by atoms with Crippen LogP contribution in [0.1, 0.15) is 32.1 Å². The highest BCUT2D eigenvalue weighted by Crippen LogP contribution is 2.09. The number of rotatable bonds is 3. The van der Waals surface area contributed by atoms with Crippen LogP contribution in [0.3, 0.4) is 0 Å². The number of hydrogen-bond acceptors (Lipinski definition) is 2. The van der Waals surface area contributed by atoms with Crippen LogP contribution in [0.2, 0.25) is 0 Å². The van der Waals surface area contributed by atoms with Crippen molar-refractivity contribution in [2.45, 2.75) is 38.1 Å². The van der Waals surface area contributed by atoms with Gasteiger partial charge in [0.25, 0.3) is 0 Å². The molecule has 2 heterocycles. The Bertz CT molecular complexity index is 286. The van der Waals surface area contributed by atoms with Crippen molar-refractivity contribution in [1.82, 2.24) is 10.2 Å². The van der Waals surface area contributed by atoms with E-state index < -0.39 is 0 Å². The zero-order chi connectivity index (χ0) is 10.5. The van der Waals surface area contributed by atoms with Crippen LogP contribution in [0, 0.1) is 11.8 Å². The summed E-state index contributed by atoms with van der Waals surface area (Å²) >= 11 is 0. The van der Waals surface area contributed by atoms with Crippen molar-refractivity contribution in [3.05, 3.63) is 0 Å². The third kappa shape index (κ3) is 2.97. The van der Waals surface area contributed by atoms with Crippen molar-refractivity contribution in [2.24, 2.45) is 0 Å². The largest absolute Gasteiger partial charge is 0.342 e. The average molecular weight is 206 g/mol. The van der Waals surface area contributed by atoms with Crippen LogP contribution in [0.15, 0.2) is 0 Å². The molecule has 0 aliphatic carbocycles. The van der Waals surface area contributed by atoms with Crippen LogP contribution in [0.25, 0.3) is 0 Å². The molecule has 0 aromatic rings. The summed E-state index contributed by atoms with van der Waals surface area (Å²) in [5.41, 5.74) is 0. The van der Waals surface area contributed by atoms with Gasteiger partial charge in [-0.25, -0.2) is 0 Å². The molecule has 1 amide bonds. The molecule has 0 aromatic heterocycles. The maximum atomic E-state index is 11.3. The molecule has 3 heteroatoms. The van der Waals surface area contributed by atoms with E-state index in [-0.39, 0.29) is 0 Å². The summed E-state index contributed by atoms with van der Waals surface area (Å²) < 4.78 is 0. The first kappa shape index (κ1) is 10.5. The Balaban J connectivity index is 1.58. The average Bonchev–Trinajstić information content (AvgIpc) is 2.55. The summed E-state index contributed by atoms with van der Waals surface area (Å²) in [7, 11) is 0. The van der Waals surface area contributed by atoms with Gasteiger partial charge in [-0.3, -0.25) is 4.79 Å². The smallest absolute Gasteiger partial charge is 0.222 e. The topological polar surface area (TPSA) is 32.3 Å². The van der Waals surface area contributed by atoms with E-state index >= 15 is 0 Å². The van der Waals surface area contributed by atoms with Crippen molar-refractivity contribution in [3.63, 3.8) is 0 Å². The highest BCUT2D eigenvalue weighted by Gasteiger charge is 2.18. The number of amides is 1. The molecule has 0 saturated carbocycles. The third-order valence-corrected chi connectivity index (χ3v) is 3.08. The molecule has 2 rings (SSSR count). The molecule has 0 aromatic carbocycles. The highest BCUT2D eigenvalue weighted by molar-refractivity contribution is 5.78. The molecule has 2 aliphatic rings. The first-order valence-electron chi connectivity index (χ1n) is 5.83. The maximum absolute atomic E-state index is 11.3. The SMILES string of the molecule is O=C1CCCN1CCC#CCC1CCN1. The molecular formula is C12H18N2O. The predicted molar refractivity (Wildman–Crippen MR) is 59.2 cm³/mol. The van der Waals surface area contributed by atoms with E-state index in [1.807, 2.05) is 4.90 Å². The van der Waals surface area contributed by atoms with E-state index in [0.717, 1.165) is 45.3 Å². The van der Waals surface area contributed by atoms with Crippen molar-refractivity contribution in [2.75, 3.05) is 19.6 Å². The number of carbonyl (C=O) groups excluding carboxylic acids is 1. The number of nitrogens with zero attached hydrogens (tertiary/aromatic N) is 1. The van der Waals surface area contributed by atoms with Gasteiger partial charge in [-0.15, -0.1) is 11.8 Å². The lowest BCUT2D eigenvalue weighted by Crippen LogP contribution is -2.42. The van der Waals surface area contributed by atoms with E-state index in [1.54, 1.807) is 0 Å². The van der Waals surface area contributed by atoms with Gasteiger partial charge in [0, 0.05) is 38.4 Å². The van der Waals surface area contributed by atoms with Gasteiger partial charge in [-0.2, -0.15) is 0 Å². The fourth-order valence-corrected chi connectivity index (χ4v) is 1.94. The number of carbonyl (C=O) groups is 1. The van der Waals surface area contributed by atoms with Gasteiger partial charge in [0.05, 0.1) is 0 Å². The number of likely N-dealkylation sites (tertiary alicyclic amines) is 1. The van der Waals surface area contributed by atoms with Gasteiger partial charge in [0.15, 0.2) is 0 Å². The Kier molecular flexibility index (Phi) is 3.63. The first-order chi connectivity index (χ1) is 7.36. The molecule has 82 valence electrons. The Morgan fingerprint density at radius 3 is 2.93 bits per heavy atom. The summed E-state index contributed by atoms with van der Waals surface area (Å²) in [6.07, 6.45) is 4.82. The fourth-order valence-electron chi connectivity index (χ4n) is 1.94. The van der Waals surface area contributed by atoms with Gasteiger partial charge >= 0.3 is 0 Å². The molecule has 0 spiro atoms. The van der Waals surface area contributed by atoms with Crippen molar-refractivity contribution < 1.29 is 4.79 Å². The predicted octanol–water partition coefficient (Wildman–Crippen LogP) is 0.754. The Hall–Kier alpha value is -1.01. The monoisotopic (exact) mass is 206 g/mol. The summed E-state index contributed by atoms with van der Waals surface area (Å²) in [6, 6.07) is 0.630. The summed E-state index contributed by atoms with van der Waals surface area (Å²) in [4.78, 5) is 13.2. The standard InChI is InChI=1S/C12H18N2O/c15-12-6-4-10-14(12)9-3-1-2-5-11-7-8-13-11/h11,13H,3-10H2. The molecule has 1 unspecified atom stereocenters. The minimum absolute atomic E-state index is 0.303. The van der Waals surface area contributed by atoms with E-state index in [4.69, 9.17) is 0 Å². The van der Waals surface area contributed by atoms with E-state index in [9.17, 15) is 4.79 Å². The zero-order valence-electron chi connectivity index (χ0n) is 9.09. The van der Waals surface area contributed by atoms with Crippen molar-refractivity contribution in [1.29, 1.82) is 0 Å². The van der Waals surface area contributed by atoms with Crippen LogP contribution in [0.4, 0.5) is 0 Å². The van der Waals surface area contributed by atoms with Gasteiger partial charge < -0.3 is 10.2 Å².